The third kappa shape index (κ3) is 2.93. The molecule has 0 bridgehead atoms. The molecule has 0 saturated heterocycles. The fraction of sp³-hybridized carbons (Fsp3) is 0.115. The minimum Gasteiger partial charge on any atom is -0.455 e. The Hall–Kier alpha value is -3.63. The van der Waals surface area contributed by atoms with Crippen LogP contribution in [0.25, 0.3) is 44.2 Å². The van der Waals surface area contributed by atoms with Crippen LogP contribution < -0.4 is 10.3 Å². The molecule has 0 spiro atoms. The highest BCUT2D eigenvalue weighted by Crippen LogP contribution is 2.44. The van der Waals surface area contributed by atoms with Crippen molar-refractivity contribution in [1.82, 2.24) is 0 Å². The molecule has 0 atom stereocenters. The zero-order chi connectivity index (χ0) is 20.7. The van der Waals surface area contributed by atoms with Crippen LogP contribution >= 0.6 is 0 Å². The van der Waals surface area contributed by atoms with Gasteiger partial charge in [-0.15, -0.1) is 0 Å². The highest BCUT2D eigenvalue weighted by atomic mass is 17.1. The molecular formula is C26H20O4. The van der Waals surface area contributed by atoms with E-state index in [0.29, 0.717) is 17.1 Å². The van der Waals surface area contributed by atoms with Crippen LogP contribution in [-0.2, 0) is 6.42 Å². The lowest BCUT2D eigenvalue weighted by molar-refractivity contribution is -0.137. The smallest absolute Gasteiger partial charge is 0.182 e. The van der Waals surface area contributed by atoms with Gasteiger partial charge in [0.2, 0.25) is 0 Å². The number of fused-ring (bicyclic) bond motifs is 4. The van der Waals surface area contributed by atoms with E-state index in [4.69, 9.17) is 4.42 Å². The minimum absolute atomic E-state index is 0.117. The second-order valence-corrected chi connectivity index (χ2v) is 7.47. The summed E-state index contributed by atoms with van der Waals surface area (Å²) in [4.78, 5) is 16.7. The number of aryl methyl sites for hydroxylation is 1. The molecule has 3 aromatic carbocycles. The quantitative estimate of drug-likeness (QED) is 0.163. The third-order valence-corrected chi connectivity index (χ3v) is 5.53. The molecule has 1 aliphatic carbocycles. The van der Waals surface area contributed by atoms with E-state index in [1.807, 2.05) is 18.2 Å². The highest BCUT2D eigenvalue weighted by molar-refractivity contribution is 6.12. The summed E-state index contributed by atoms with van der Waals surface area (Å²) in [7, 11) is 0. The highest BCUT2D eigenvalue weighted by Gasteiger charge is 2.21. The van der Waals surface area contributed by atoms with Crippen molar-refractivity contribution in [2.45, 2.75) is 19.8 Å². The van der Waals surface area contributed by atoms with Crippen molar-refractivity contribution in [2.24, 2.45) is 0 Å². The first-order chi connectivity index (χ1) is 14.7. The van der Waals surface area contributed by atoms with E-state index >= 15 is 0 Å². The molecule has 1 aliphatic heterocycles. The van der Waals surface area contributed by atoms with Crippen LogP contribution in [0.15, 0.2) is 82.0 Å². The molecule has 30 heavy (non-hydrogen) atoms. The number of hydrogen-bond acceptors (Lipinski definition) is 4. The van der Waals surface area contributed by atoms with Crippen LogP contribution in [0.3, 0.4) is 0 Å². The summed E-state index contributed by atoms with van der Waals surface area (Å²) >= 11 is 0. The Labute approximate surface area is 173 Å². The predicted octanol–water partition coefficient (Wildman–Crippen LogP) is 6.52. The lowest BCUT2D eigenvalue weighted by Crippen LogP contribution is -2.00. The molecule has 0 fully saturated rings. The topological polar surface area (TPSA) is 59.7 Å². The van der Waals surface area contributed by atoms with Crippen molar-refractivity contribution in [1.29, 1.82) is 0 Å². The van der Waals surface area contributed by atoms with Crippen LogP contribution in [0.4, 0.5) is 0 Å². The van der Waals surface area contributed by atoms with Crippen molar-refractivity contribution in [3.8, 4) is 28.2 Å². The lowest BCUT2D eigenvalue weighted by Gasteiger charge is -2.17. The Balaban J connectivity index is 1.94. The van der Waals surface area contributed by atoms with Gasteiger partial charge in [0.05, 0.1) is 0 Å². The van der Waals surface area contributed by atoms with E-state index in [0.717, 1.165) is 45.7 Å². The molecule has 0 unspecified atom stereocenters. The zero-order valence-electron chi connectivity index (χ0n) is 16.5. The van der Waals surface area contributed by atoms with Gasteiger partial charge < -0.3 is 9.30 Å². The first-order valence-corrected chi connectivity index (χ1v) is 10.0. The first-order valence-electron chi connectivity index (χ1n) is 10.0. The molecule has 2 aliphatic rings. The Morgan fingerprint density at radius 3 is 2.57 bits per heavy atom. The summed E-state index contributed by atoms with van der Waals surface area (Å²) in [5, 5.41) is 12.4. The van der Waals surface area contributed by atoms with Gasteiger partial charge in [-0.1, -0.05) is 55.8 Å². The fourth-order valence-corrected chi connectivity index (χ4v) is 4.19. The number of rotatable bonds is 4. The monoisotopic (exact) mass is 396 g/mol. The summed E-state index contributed by atoms with van der Waals surface area (Å²) in [5.41, 5.74) is 4.24. The van der Waals surface area contributed by atoms with Crippen LogP contribution in [-0.4, -0.2) is 5.26 Å². The Kier molecular flexibility index (Phi) is 4.49. The van der Waals surface area contributed by atoms with Gasteiger partial charge in [0.1, 0.15) is 11.3 Å². The van der Waals surface area contributed by atoms with Crippen LogP contribution in [0.2, 0.25) is 0 Å². The number of para-hydroxylation sites is 1. The number of benzene rings is 4. The molecular weight excluding hydrogens is 376 g/mol. The van der Waals surface area contributed by atoms with Crippen molar-refractivity contribution < 1.29 is 14.6 Å². The van der Waals surface area contributed by atoms with Crippen molar-refractivity contribution in [3.63, 3.8) is 0 Å². The summed E-state index contributed by atoms with van der Waals surface area (Å²) < 4.78 is 6.27. The summed E-state index contributed by atoms with van der Waals surface area (Å²) in [6, 6.07) is 22.6. The molecule has 5 rings (SSSR count). The molecule has 0 amide bonds. The molecule has 0 aromatic heterocycles. The second kappa shape index (κ2) is 7.32. The average molecular weight is 396 g/mol. The summed E-state index contributed by atoms with van der Waals surface area (Å²) in [5.74, 6) is 0.846. The molecule has 4 nitrogen and oxygen atoms in total. The molecule has 1 N–H and O–H groups in total. The van der Waals surface area contributed by atoms with Crippen molar-refractivity contribution >= 4 is 21.7 Å². The van der Waals surface area contributed by atoms with Gasteiger partial charge in [0.25, 0.3) is 0 Å². The molecule has 4 heteroatoms. The Morgan fingerprint density at radius 1 is 0.900 bits per heavy atom. The van der Waals surface area contributed by atoms with E-state index in [9.17, 15) is 10.1 Å². The Morgan fingerprint density at radius 2 is 1.73 bits per heavy atom. The van der Waals surface area contributed by atoms with E-state index in [-0.39, 0.29) is 5.43 Å². The third-order valence-electron chi connectivity index (χ3n) is 5.53. The van der Waals surface area contributed by atoms with Gasteiger partial charge in [-0.05, 0) is 41.6 Å². The van der Waals surface area contributed by atoms with Crippen LogP contribution in [0, 0.1) is 0 Å². The van der Waals surface area contributed by atoms with Gasteiger partial charge in [-0.2, -0.15) is 0 Å². The maximum atomic E-state index is 12.0. The van der Waals surface area contributed by atoms with Gasteiger partial charge in [-0.3, -0.25) is 4.79 Å². The average Bonchev–Trinajstić information content (AvgIpc) is 2.77. The SMILES string of the molecule is CCCc1ccc2c(ccc3c(-c4ccccc4OO)c4ccc(=O)cc-4oc32)c1. The molecule has 148 valence electrons. The summed E-state index contributed by atoms with van der Waals surface area (Å²) in [6.07, 6.45) is 2.11. The number of hydrogen-bond donors (Lipinski definition) is 1. The van der Waals surface area contributed by atoms with Gasteiger partial charge in [0, 0.05) is 33.5 Å². The molecule has 0 saturated carbocycles. The van der Waals surface area contributed by atoms with E-state index in [1.54, 1.807) is 18.2 Å². The predicted molar refractivity (Wildman–Crippen MR) is 119 cm³/mol. The van der Waals surface area contributed by atoms with E-state index < -0.39 is 0 Å². The first kappa shape index (κ1) is 18.4. The molecule has 1 heterocycles. The minimum atomic E-state index is -0.117. The Bertz CT molecular complexity index is 1410. The van der Waals surface area contributed by atoms with Crippen molar-refractivity contribution in [2.75, 3.05) is 0 Å². The normalized spacial score (nSPS) is 11.4. The van der Waals surface area contributed by atoms with Gasteiger partial charge in [-0.25, -0.2) is 5.26 Å². The lowest BCUT2D eigenvalue weighted by atomic mass is 9.91. The zero-order valence-corrected chi connectivity index (χ0v) is 16.5. The van der Waals surface area contributed by atoms with E-state index in [1.165, 1.54) is 17.7 Å². The van der Waals surface area contributed by atoms with Gasteiger partial charge >= 0.3 is 0 Å². The standard InChI is InChI=1S/C26H20O4/c1-2-5-16-8-11-19-17(14-16)9-12-22-25(20-6-3-4-7-23(20)30-28)21-13-10-18(27)15-24(21)29-26(19)22/h3-4,6-15,28H,2,5H2,1H3. The van der Waals surface area contributed by atoms with Crippen molar-refractivity contribution in [3.05, 3.63) is 88.6 Å². The maximum Gasteiger partial charge on any atom is 0.182 e. The van der Waals surface area contributed by atoms with Crippen LogP contribution in [0.1, 0.15) is 18.9 Å². The van der Waals surface area contributed by atoms with Crippen LogP contribution in [0.5, 0.6) is 5.75 Å². The fourth-order valence-electron chi connectivity index (χ4n) is 4.19. The molecule has 0 radical (unpaired) electrons. The van der Waals surface area contributed by atoms with Gasteiger partial charge in [0.15, 0.2) is 11.2 Å². The summed E-state index contributed by atoms with van der Waals surface area (Å²) in [6.45, 7) is 2.17. The molecule has 3 aromatic rings. The maximum absolute atomic E-state index is 12.0. The second-order valence-electron chi connectivity index (χ2n) is 7.47. The van der Waals surface area contributed by atoms with E-state index in [2.05, 4.69) is 36.1 Å². The largest absolute Gasteiger partial charge is 0.455 e.